The third-order valence-electron chi connectivity index (χ3n) is 0.850. The number of phenolic OH excluding ortho intramolecular Hbond substituents is 1. The van der Waals surface area contributed by atoms with E-state index in [2.05, 4.69) is 12.6 Å². The van der Waals surface area contributed by atoms with E-state index in [9.17, 15) is 0 Å². The monoisotopic (exact) mass is 150 g/mol. The Hall–Kier alpha value is 0.370. The molecule has 1 nitrogen and oxygen atoms in total. The molecule has 0 aliphatic heterocycles. The van der Waals surface area contributed by atoms with Crippen molar-refractivity contribution in [2.24, 2.45) is 0 Å². The molecule has 0 aromatic heterocycles. The summed E-state index contributed by atoms with van der Waals surface area (Å²) in [5, 5.41) is 8.72. The van der Waals surface area contributed by atoms with Crippen molar-refractivity contribution in [3.63, 3.8) is 0 Å². The third-order valence-corrected chi connectivity index (χ3v) is 1.15. The van der Waals surface area contributed by atoms with Crippen molar-refractivity contribution in [3.8, 4) is 5.75 Å². The summed E-state index contributed by atoms with van der Waals surface area (Å²) >= 11 is 4.02. The average molecular weight is 150 g/mol. The number of aromatic hydroxyl groups is 1. The Kier molecular flexibility index (Phi) is 4.40. The maximum absolute atomic E-state index is 8.72. The zero-order valence-electron chi connectivity index (χ0n) is 4.20. The molecule has 0 atom stereocenters. The van der Waals surface area contributed by atoms with Crippen molar-refractivity contribution in [3.05, 3.63) is 24.3 Å². The fraction of sp³-hybridized carbons (Fsp3) is 0. The van der Waals surface area contributed by atoms with E-state index >= 15 is 0 Å². The van der Waals surface area contributed by atoms with Crippen LogP contribution in [0, 0.1) is 0 Å². The van der Waals surface area contributed by atoms with Gasteiger partial charge in [-0.2, -0.15) is 0 Å². The van der Waals surface area contributed by atoms with E-state index in [0.29, 0.717) is 0 Å². The van der Waals surface area contributed by atoms with Crippen molar-refractivity contribution in [1.82, 2.24) is 0 Å². The number of thiol groups is 1. The van der Waals surface area contributed by atoms with Gasteiger partial charge in [0.2, 0.25) is 0 Å². The van der Waals surface area contributed by atoms with Gasteiger partial charge < -0.3 is 5.11 Å². The summed E-state index contributed by atoms with van der Waals surface area (Å²) in [7, 11) is 0. The predicted molar refractivity (Wildman–Crippen MR) is 42.5 cm³/mol. The quantitative estimate of drug-likeness (QED) is 0.418. The fourth-order valence-electron chi connectivity index (χ4n) is 0.453. The molecular weight excluding hydrogens is 143 g/mol. The molecular formula is C6H7NaOS. The van der Waals surface area contributed by atoms with Crippen LogP contribution in [0.2, 0.25) is 0 Å². The molecule has 0 aliphatic rings. The second-order valence-electron chi connectivity index (χ2n) is 1.52. The maximum atomic E-state index is 8.72. The van der Waals surface area contributed by atoms with Gasteiger partial charge in [-0.25, -0.2) is 0 Å². The van der Waals surface area contributed by atoms with Gasteiger partial charge in [-0.05, 0) is 24.3 Å². The summed E-state index contributed by atoms with van der Waals surface area (Å²) in [4.78, 5) is 0.864. The number of hydrogen-bond donors (Lipinski definition) is 2. The molecule has 0 fully saturated rings. The molecule has 1 aromatic carbocycles. The number of benzene rings is 1. The number of phenols is 1. The van der Waals surface area contributed by atoms with E-state index in [1.807, 2.05) is 0 Å². The van der Waals surface area contributed by atoms with Crippen LogP contribution < -0.4 is 0 Å². The number of rotatable bonds is 0. The van der Waals surface area contributed by atoms with Crippen LogP contribution in [-0.4, -0.2) is 34.7 Å². The van der Waals surface area contributed by atoms with Crippen LogP contribution in [0.3, 0.4) is 0 Å². The molecule has 1 rings (SSSR count). The van der Waals surface area contributed by atoms with Crippen LogP contribution in [0.15, 0.2) is 29.2 Å². The Labute approximate surface area is 81.8 Å². The Morgan fingerprint density at radius 2 is 1.56 bits per heavy atom. The fourth-order valence-corrected chi connectivity index (χ4v) is 0.602. The summed E-state index contributed by atoms with van der Waals surface area (Å²) < 4.78 is 0. The first-order valence-electron chi connectivity index (χ1n) is 2.27. The molecule has 0 saturated heterocycles. The molecule has 3 heteroatoms. The predicted octanol–water partition coefficient (Wildman–Crippen LogP) is 1.03. The van der Waals surface area contributed by atoms with Crippen molar-refractivity contribution >= 4 is 42.2 Å². The topological polar surface area (TPSA) is 20.2 Å². The third kappa shape index (κ3) is 3.16. The van der Waals surface area contributed by atoms with Crippen molar-refractivity contribution in [1.29, 1.82) is 0 Å². The van der Waals surface area contributed by atoms with Crippen molar-refractivity contribution < 1.29 is 5.11 Å². The molecule has 9 heavy (non-hydrogen) atoms. The summed E-state index contributed by atoms with van der Waals surface area (Å²) in [6.45, 7) is 0. The summed E-state index contributed by atoms with van der Waals surface area (Å²) in [5.41, 5.74) is 0. The minimum absolute atomic E-state index is 0. The van der Waals surface area contributed by atoms with Crippen LogP contribution in [0.25, 0.3) is 0 Å². The van der Waals surface area contributed by atoms with E-state index in [0.717, 1.165) is 4.90 Å². The van der Waals surface area contributed by atoms with Gasteiger partial charge in [0.05, 0.1) is 0 Å². The minimum atomic E-state index is 0. The van der Waals surface area contributed by atoms with Gasteiger partial charge in [-0.1, -0.05) is 0 Å². The van der Waals surface area contributed by atoms with Gasteiger partial charge >= 0.3 is 29.6 Å². The molecule has 0 radical (unpaired) electrons. The van der Waals surface area contributed by atoms with Crippen LogP contribution in [0.1, 0.15) is 0 Å². The molecule has 0 unspecified atom stereocenters. The van der Waals surface area contributed by atoms with Gasteiger partial charge in [0.1, 0.15) is 5.75 Å². The molecule has 0 bridgehead atoms. The Morgan fingerprint density at radius 1 is 1.11 bits per heavy atom. The van der Waals surface area contributed by atoms with Gasteiger partial charge in [-0.3, -0.25) is 0 Å². The Bertz CT molecular complexity index is 152. The second kappa shape index (κ2) is 4.23. The Balaban J connectivity index is 0.000000640. The first kappa shape index (κ1) is 9.37. The van der Waals surface area contributed by atoms with E-state index in [1.54, 1.807) is 24.3 Å². The summed E-state index contributed by atoms with van der Waals surface area (Å²) in [5.74, 6) is 0.280. The molecule has 0 saturated carbocycles. The van der Waals surface area contributed by atoms with Gasteiger partial charge in [-0.15, -0.1) is 12.6 Å². The zero-order valence-corrected chi connectivity index (χ0v) is 5.10. The standard InChI is InChI=1S/C6H6OS.Na.H/c7-5-1-3-6(8)4-2-5;;/h1-4,7-8H;;. The molecule has 0 aliphatic carbocycles. The van der Waals surface area contributed by atoms with Crippen LogP contribution in [0.5, 0.6) is 5.75 Å². The van der Waals surface area contributed by atoms with E-state index in [4.69, 9.17) is 5.11 Å². The molecule has 1 aromatic rings. The normalized spacial score (nSPS) is 8.11. The first-order valence-corrected chi connectivity index (χ1v) is 2.72. The number of hydrogen-bond acceptors (Lipinski definition) is 2. The SMILES string of the molecule is Oc1ccc(S)cc1.[NaH]. The molecule has 44 valence electrons. The van der Waals surface area contributed by atoms with Crippen molar-refractivity contribution in [2.45, 2.75) is 4.90 Å². The zero-order chi connectivity index (χ0) is 5.98. The molecule has 0 amide bonds. The van der Waals surface area contributed by atoms with Crippen LogP contribution in [0.4, 0.5) is 0 Å². The molecule has 0 heterocycles. The summed E-state index contributed by atoms with van der Waals surface area (Å²) in [6.07, 6.45) is 0. The van der Waals surface area contributed by atoms with Gasteiger partial charge in [0.15, 0.2) is 0 Å². The first-order chi connectivity index (χ1) is 3.79. The average Bonchev–Trinajstić information content (AvgIpc) is 1.77. The van der Waals surface area contributed by atoms with Gasteiger partial charge in [0, 0.05) is 4.90 Å². The second-order valence-corrected chi connectivity index (χ2v) is 2.03. The van der Waals surface area contributed by atoms with Crippen LogP contribution >= 0.6 is 12.6 Å². The van der Waals surface area contributed by atoms with Crippen molar-refractivity contribution in [2.75, 3.05) is 0 Å². The van der Waals surface area contributed by atoms with E-state index in [-0.39, 0.29) is 35.3 Å². The van der Waals surface area contributed by atoms with Crippen LogP contribution in [-0.2, 0) is 0 Å². The summed E-state index contributed by atoms with van der Waals surface area (Å²) in [6, 6.07) is 6.67. The van der Waals surface area contributed by atoms with Gasteiger partial charge in [0.25, 0.3) is 0 Å². The van der Waals surface area contributed by atoms with E-state index in [1.165, 1.54) is 0 Å². The Morgan fingerprint density at radius 3 is 1.89 bits per heavy atom. The molecule has 0 spiro atoms. The van der Waals surface area contributed by atoms with E-state index < -0.39 is 0 Å². The molecule has 1 N–H and O–H groups in total.